The highest BCUT2D eigenvalue weighted by Crippen LogP contribution is 2.10. The molecule has 0 aromatic carbocycles. The Morgan fingerprint density at radius 2 is 1.67 bits per heavy atom. The first-order valence-corrected chi connectivity index (χ1v) is 6.24. The van der Waals surface area contributed by atoms with Gasteiger partial charge in [-0.25, -0.2) is 0 Å². The number of nitrogens with one attached hydrogen (secondary N) is 1. The average molecular weight is 210 g/mol. The van der Waals surface area contributed by atoms with Crippen LogP contribution in [0.2, 0.25) is 0 Å². The van der Waals surface area contributed by atoms with Crippen LogP contribution in [0.25, 0.3) is 0 Å². The molecule has 0 aromatic heterocycles. The molecule has 0 saturated heterocycles. The van der Waals surface area contributed by atoms with E-state index in [0.717, 1.165) is 13.1 Å². The fourth-order valence-corrected chi connectivity index (χ4v) is 1.47. The van der Waals surface area contributed by atoms with Gasteiger partial charge in [-0.1, -0.05) is 39.0 Å². The van der Waals surface area contributed by atoms with E-state index in [4.69, 9.17) is 5.26 Å². The van der Waals surface area contributed by atoms with Crippen LogP contribution < -0.4 is 5.32 Å². The molecular weight excluding hydrogens is 184 g/mol. The Morgan fingerprint density at radius 1 is 1.07 bits per heavy atom. The number of hydrogen-bond donors (Lipinski definition) is 1. The Kier molecular flexibility index (Phi) is 8.41. The van der Waals surface area contributed by atoms with Gasteiger partial charge in [0, 0.05) is 6.54 Å². The van der Waals surface area contributed by atoms with Crippen LogP contribution in [-0.4, -0.2) is 13.1 Å². The van der Waals surface area contributed by atoms with Gasteiger partial charge >= 0.3 is 0 Å². The fraction of sp³-hybridized carbons (Fsp3) is 0.923. The highest BCUT2D eigenvalue weighted by molar-refractivity contribution is 4.93. The minimum absolute atomic E-state index is 0.220. The lowest BCUT2D eigenvalue weighted by Crippen LogP contribution is -2.28. The summed E-state index contributed by atoms with van der Waals surface area (Å²) in [6, 6.07) is 2.30. The highest BCUT2D eigenvalue weighted by Gasteiger charge is 2.14. The molecule has 0 saturated carbocycles. The summed E-state index contributed by atoms with van der Waals surface area (Å²) in [5, 5.41) is 12.1. The molecule has 0 aliphatic heterocycles. The average Bonchev–Trinajstić information content (AvgIpc) is 2.22. The van der Waals surface area contributed by atoms with Crippen LogP contribution in [0.3, 0.4) is 0 Å². The first kappa shape index (κ1) is 14.5. The Labute approximate surface area is 95.1 Å². The van der Waals surface area contributed by atoms with Crippen LogP contribution >= 0.6 is 0 Å². The maximum Gasteiger partial charge on any atom is 0.0697 e. The van der Waals surface area contributed by atoms with Gasteiger partial charge in [-0.15, -0.1) is 0 Å². The molecule has 0 spiro atoms. The van der Waals surface area contributed by atoms with Gasteiger partial charge in [-0.05, 0) is 26.8 Å². The molecule has 0 heterocycles. The molecule has 0 aliphatic carbocycles. The van der Waals surface area contributed by atoms with Crippen molar-refractivity contribution in [1.82, 2.24) is 5.32 Å². The van der Waals surface area contributed by atoms with Crippen LogP contribution in [0.4, 0.5) is 0 Å². The Bertz CT molecular complexity index is 179. The monoisotopic (exact) mass is 210 g/mol. The molecule has 2 nitrogen and oxygen atoms in total. The quantitative estimate of drug-likeness (QED) is 0.591. The Balaban J connectivity index is 3.16. The number of unbranched alkanes of at least 4 members (excludes halogenated alkanes) is 5. The minimum atomic E-state index is -0.220. The van der Waals surface area contributed by atoms with Crippen LogP contribution in [0.15, 0.2) is 0 Å². The van der Waals surface area contributed by atoms with Crippen LogP contribution in [0, 0.1) is 16.7 Å². The molecule has 1 N–H and O–H groups in total. The van der Waals surface area contributed by atoms with Gasteiger partial charge in [-0.3, -0.25) is 0 Å². The molecule has 0 aliphatic rings. The van der Waals surface area contributed by atoms with Crippen LogP contribution in [0.1, 0.15) is 59.3 Å². The lowest BCUT2D eigenvalue weighted by atomic mass is 9.96. The van der Waals surface area contributed by atoms with E-state index in [2.05, 4.69) is 18.3 Å². The van der Waals surface area contributed by atoms with Gasteiger partial charge in [0.25, 0.3) is 0 Å². The first-order valence-electron chi connectivity index (χ1n) is 6.24. The maximum absolute atomic E-state index is 8.80. The summed E-state index contributed by atoms with van der Waals surface area (Å²) in [5.41, 5.74) is -0.220. The zero-order valence-electron chi connectivity index (χ0n) is 10.6. The molecule has 2 heteroatoms. The SMILES string of the molecule is CCCCCCCCNCC(C)(C)C#N. The van der Waals surface area contributed by atoms with E-state index in [1.165, 1.54) is 38.5 Å². The fourth-order valence-electron chi connectivity index (χ4n) is 1.47. The highest BCUT2D eigenvalue weighted by atomic mass is 14.9. The smallest absolute Gasteiger partial charge is 0.0697 e. The predicted octanol–water partition coefficient (Wildman–Crippen LogP) is 3.49. The Hall–Kier alpha value is -0.550. The van der Waals surface area contributed by atoms with Crippen molar-refractivity contribution in [3.8, 4) is 6.07 Å². The molecule has 88 valence electrons. The number of hydrogen-bond acceptors (Lipinski definition) is 2. The van der Waals surface area contributed by atoms with Gasteiger partial charge in [0.1, 0.15) is 0 Å². The van der Waals surface area contributed by atoms with Crippen molar-refractivity contribution in [1.29, 1.82) is 5.26 Å². The summed E-state index contributed by atoms with van der Waals surface area (Å²) in [6.45, 7) is 8.05. The third kappa shape index (κ3) is 9.75. The van der Waals surface area contributed by atoms with Crippen molar-refractivity contribution in [3.63, 3.8) is 0 Å². The summed E-state index contributed by atoms with van der Waals surface area (Å²) in [4.78, 5) is 0. The molecule has 0 bridgehead atoms. The van der Waals surface area contributed by atoms with Gasteiger partial charge in [-0.2, -0.15) is 5.26 Å². The standard InChI is InChI=1S/C13H26N2/c1-4-5-6-7-8-9-10-15-12-13(2,3)11-14/h15H,4-10,12H2,1-3H3. The molecule has 0 radical (unpaired) electrons. The molecule has 0 fully saturated rings. The number of nitriles is 1. The summed E-state index contributed by atoms with van der Waals surface area (Å²) in [5.74, 6) is 0. The Morgan fingerprint density at radius 3 is 2.27 bits per heavy atom. The van der Waals surface area contributed by atoms with E-state index in [-0.39, 0.29) is 5.41 Å². The second-order valence-corrected chi connectivity index (χ2v) is 4.94. The van der Waals surface area contributed by atoms with E-state index >= 15 is 0 Å². The van der Waals surface area contributed by atoms with E-state index < -0.39 is 0 Å². The van der Waals surface area contributed by atoms with Gasteiger partial charge in [0.2, 0.25) is 0 Å². The van der Waals surface area contributed by atoms with Gasteiger partial charge in [0.05, 0.1) is 11.5 Å². The van der Waals surface area contributed by atoms with Crippen molar-refractivity contribution < 1.29 is 0 Å². The summed E-state index contributed by atoms with van der Waals surface area (Å²) >= 11 is 0. The summed E-state index contributed by atoms with van der Waals surface area (Å²) < 4.78 is 0. The number of nitrogens with zero attached hydrogens (tertiary/aromatic N) is 1. The van der Waals surface area contributed by atoms with E-state index in [9.17, 15) is 0 Å². The molecule has 0 aromatic rings. The van der Waals surface area contributed by atoms with Gasteiger partial charge < -0.3 is 5.32 Å². The molecule has 0 unspecified atom stereocenters. The number of rotatable bonds is 9. The van der Waals surface area contributed by atoms with E-state index in [0.29, 0.717) is 0 Å². The predicted molar refractivity (Wildman–Crippen MR) is 65.6 cm³/mol. The summed E-state index contributed by atoms with van der Waals surface area (Å²) in [6.07, 6.45) is 7.98. The van der Waals surface area contributed by atoms with Crippen molar-refractivity contribution in [2.75, 3.05) is 13.1 Å². The third-order valence-electron chi connectivity index (χ3n) is 2.58. The van der Waals surface area contributed by atoms with Gasteiger partial charge in [0.15, 0.2) is 0 Å². The van der Waals surface area contributed by atoms with Crippen LogP contribution in [-0.2, 0) is 0 Å². The largest absolute Gasteiger partial charge is 0.315 e. The molecule has 0 atom stereocenters. The van der Waals surface area contributed by atoms with Crippen molar-refractivity contribution in [2.24, 2.45) is 5.41 Å². The van der Waals surface area contributed by atoms with Crippen molar-refractivity contribution >= 4 is 0 Å². The third-order valence-corrected chi connectivity index (χ3v) is 2.58. The summed E-state index contributed by atoms with van der Waals surface area (Å²) in [7, 11) is 0. The van der Waals surface area contributed by atoms with Crippen LogP contribution in [0.5, 0.6) is 0 Å². The minimum Gasteiger partial charge on any atom is -0.315 e. The van der Waals surface area contributed by atoms with Crippen molar-refractivity contribution in [2.45, 2.75) is 59.3 Å². The molecule has 0 amide bonds. The topological polar surface area (TPSA) is 35.8 Å². The molecule has 0 rings (SSSR count). The van der Waals surface area contributed by atoms with Crippen molar-refractivity contribution in [3.05, 3.63) is 0 Å². The molecule has 15 heavy (non-hydrogen) atoms. The van der Waals surface area contributed by atoms with E-state index in [1.807, 2.05) is 13.8 Å². The second kappa shape index (κ2) is 8.73. The zero-order valence-corrected chi connectivity index (χ0v) is 10.6. The lowest BCUT2D eigenvalue weighted by Gasteiger charge is -2.15. The molecular formula is C13H26N2. The normalized spacial score (nSPS) is 11.3. The maximum atomic E-state index is 8.80. The first-order chi connectivity index (χ1) is 7.12. The zero-order chi connectivity index (χ0) is 11.6. The second-order valence-electron chi connectivity index (χ2n) is 4.94. The lowest BCUT2D eigenvalue weighted by molar-refractivity contribution is 0.438. The van der Waals surface area contributed by atoms with E-state index in [1.54, 1.807) is 0 Å².